The summed E-state index contributed by atoms with van der Waals surface area (Å²) in [5.74, 6) is 0.920. The number of nitrogens with two attached hydrogens (primary N) is 1. The zero-order valence-corrected chi connectivity index (χ0v) is 17.2. The van der Waals surface area contributed by atoms with Gasteiger partial charge in [-0.25, -0.2) is 0 Å². The summed E-state index contributed by atoms with van der Waals surface area (Å²) in [6.45, 7) is 5.10. The first-order chi connectivity index (χ1) is 12.3. The molecular formula is C19H30ClN3O4. The molecule has 1 saturated heterocycles. The van der Waals surface area contributed by atoms with Crippen molar-refractivity contribution in [1.29, 1.82) is 0 Å². The van der Waals surface area contributed by atoms with E-state index in [-0.39, 0.29) is 36.6 Å². The van der Waals surface area contributed by atoms with Gasteiger partial charge in [-0.15, -0.1) is 12.4 Å². The van der Waals surface area contributed by atoms with E-state index in [1.807, 2.05) is 32.0 Å². The van der Waals surface area contributed by atoms with Crippen molar-refractivity contribution in [2.45, 2.75) is 32.2 Å². The highest BCUT2D eigenvalue weighted by atomic mass is 35.5. The van der Waals surface area contributed by atoms with Gasteiger partial charge in [0, 0.05) is 31.6 Å². The molecule has 0 saturated carbocycles. The summed E-state index contributed by atoms with van der Waals surface area (Å²) in [5, 5.41) is 2.92. The van der Waals surface area contributed by atoms with Gasteiger partial charge in [0.05, 0.1) is 20.1 Å². The molecule has 2 amide bonds. The van der Waals surface area contributed by atoms with Crippen molar-refractivity contribution in [2.24, 2.45) is 11.7 Å². The minimum atomic E-state index is -0.465. The van der Waals surface area contributed by atoms with Crippen LogP contribution in [0.2, 0.25) is 0 Å². The van der Waals surface area contributed by atoms with Crippen molar-refractivity contribution >= 4 is 24.2 Å². The van der Waals surface area contributed by atoms with E-state index < -0.39 is 5.54 Å². The standard InChI is InChI=1S/C19H29N3O4.ClH/c1-19(2,12-20)21-18(24)14-10-17(23)22(11-14)8-7-13-5-6-15(25-3)16(9-13)26-4;/h5-6,9,14H,7-8,10-12,20H2,1-4H3,(H,21,24);1H. The second-order valence-corrected chi connectivity index (χ2v) is 7.26. The zero-order valence-electron chi connectivity index (χ0n) is 16.4. The van der Waals surface area contributed by atoms with E-state index in [1.54, 1.807) is 19.1 Å². The Morgan fingerprint density at radius 1 is 1.30 bits per heavy atom. The molecule has 152 valence electrons. The van der Waals surface area contributed by atoms with Crippen molar-refractivity contribution in [3.63, 3.8) is 0 Å². The summed E-state index contributed by atoms with van der Waals surface area (Å²) in [6, 6.07) is 5.72. The minimum absolute atomic E-state index is 0. The van der Waals surface area contributed by atoms with Crippen LogP contribution in [0.4, 0.5) is 0 Å². The van der Waals surface area contributed by atoms with Crippen LogP contribution in [0.5, 0.6) is 11.5 Å². The normalized spacial score (nSPS) is 16.7. The fourth-order valence-electron chi connectivity index (χ4n) is 2.95. The van der Waals surface area contributed by atoms with Crippen LogP contribution >= 0.6 is 12.4 Å². The van der Waals surface area contributed by atoms with Gasteiger partial charge in [-0.2, -0.15) is 0 Å². The van der Waals surface area contributed by atoms with Crippen LogP contribution < -0.4 is 20.5 Å². The van der Waals surface area contributed by atoms with E-state index in [9.17, 15) is 9.59 Å². The molecule has 1 aliphatic rings. The van der Waals surface area contributed by atoms with E-state index in [4.69, 9.17) is 15.2 Å². The second-order valence-electron chi connectivity index (χ2n) is 7.26. The molecule has 0 aliphatic carbocycles. The number of ether oxygens (including phenoxy) is 2. The number of hydrogen-bond acceptors (Lipinski definition) is 5. The van der Waals surface area contributed by atoms with Crippen LogP contribution in [0.1, 0.15) is 25.8 Å². The molecule has 1 fully saturated rings. The monoisotopic (exact) mass is 399 g/mol. The first-order valence-corrected chi connectivity index (χ1v) is 8.80. The molecule has 1 unspecified atom stereocenters. The highest BCUT2D eigenvalue weighted by molar-refractivity contribution is 5.89. The van der Waals surface area contributed by atoms with Gasteiger partial charge < -0.3 is 25.4 Å². The summed E-state index contributed by atoms with van der Waals surface area (Å²) in [5.41, 5.74) is 6.24. The van der Waals surface area contributed by atoms with Crippen LogP contribution in [-0.4, -0.2) is 56.1 Å². The number of nitrogens with zero attached hydrogens (tertiary/aromatic N) is 1. The zero-order chi connectivity index (χ0) is 19.3. The maximum atomic E-state index is 12.4. The Labute approximate surface area is 167 Å². The largest absolute Gasteiger partial charge is 0.493 e. The van der Waals surface area contributed by atoms with Gasteiger partial charge in [0.25, 0.3) is 0 Å². The van der Waals surface area contributed by atoms with E-state index in [0.717, 1.165) is 5.56 Å². The molecule has 1 aliphatic heterocycles. The van der Waals surface area contributed by atoms with Crippen molar-refractivity contribution in [3.8, 4) is 11.5 Å². The highest BCUT2D eigenvalue weighted by Gasteiger charge is 2.35. The second kappa shape index (κ2) is 9.80. The van der Waals surface area contributed by atoms with Gasteiger partial charge in [-0.05, 0) is 38.0 Å². The Kier molecular flexibility index (Phi) is 8.37. The van der Waals surface area contributed by atoms with E-state index in [0.29, 0.717) is 37.6 Å². The lowest BCUT2D eigenvalue weighted by Crippen LogP contribution is -2.51. The average molecular weight is 400 g/mol. The number of nitrogens with one attached hydrogen (secondary N) is 1. The van der Waals surface area contributed by atoms with Crippen molar-refractivity contribution in [3.05, 3.63) is 23.8 Å². The number of methoxy groups -OCH3 is 2. The highest BCUT2D eigenvalue weighted by Crippen LogP contribution is 2.28. The molecule has 27 heavy (non-hydrogen) atoms. The van der Waals surface area contributed by atoms with E-state index in [1.165, 1.54) is 0 Å². The Balaban J connectivity index is 0.00000364. The lowest BCUT2D eigenvalue weighted by atomic mass is 10.0. The Morgan fingerprint density at radius 2 is 1.96 bits per heavy atom. The van der Waals surface area contributed by atoms with Crippen LogP contribution in [0, 0.1) is 5.92 Å². The number of amides is 2. The number of carbonyl (C=O) groups excluding carboxylic acids is 2. The number of halogens is 1. The molecule has 3 N–H and O–H groups in total. The minimum Gasteiger partial charge on any atom is -0.493 e. The van der Waals surface area contributed by atoms with Gasteiger partial charge in [-0.1, -0.05) is 6.07 Å². The summed E-state index contributed by atoms with van der Waals surface area (Å²) in [7, 11) is 3.19. The summed E-state index contributed by atoms with van der Waals surface area (Å²) in [4.78, 5) is 26.4. The molecule has 7 nitrogen and oxygen atoms in total. The molecule has 1 heterocycles. The third-order valence-electron chi connectivity index (χ3n) is 4.68. The van der Waals surface area contributed by atoms with Gasteiger partial charge >= 0.3 is 0 Å². The van der Waals surface area contributed by atoms with Crippen molar-refractivity contribution in [1.82, 2.24) is 10.2 Å². The van der Waals surface area contributed by atoms with Gasteiger partial charge in [-0.3, -0.25) is 9.59 Å². The third-order valence-corrected chi connectivity index (χ3v) is 4.68. The quantitative estimate of drug-likeness (QED) is 0.688. The summed E-state index contributed by atoms with van der Waals surface area (Å²) in [6.07, 6.45) is 0.938. The van der Waals surface area contributed by atoms with E-state index >= 15 is 0 Å². The first-order valence-electron chi connectivity index (χ1n) is 8.80. The lowest BCUT2D eigenvalue weighted by Gasteiger charge is -2.26. The maximum absolute atomic E-state index is 12.4. The fourth-order valence-corrected chi connectivity index (χ4v) is 2.95. The van der Waals surface area contributed by atoms with Crippen LogP contribution in [0.15, 0.2) is 18.2 Å². The molecule has 1 atom stereocenters. The Bertz CT molecular complexity index is 666. The molecule has 0 spiro atoms. The number of carbonyl (C=O) groups is 2. The lowest BCUT2D eigenvalue weighted by molar-refractivity contribution is -0.129. The number of benzene rings is 1. The summed E-state index contributed by atoms with van der Waals surface area (Å²) >= 11 is 0. The molecule has 1 aromatic carbocycles. The predicted molar refractivity (Wildman–Crippen MR) is 106 cm³/mol. The van der Waals surface area contributed by atoms with Crippen molar-refractivity contribution in [2.75, 3.05) is 33.9 Å². The molecular weight excluding hydrogens is 370 g/mol. The van der Waals surface area contributed by atoms with Gasteiger partial charge in [0.15, 0.2) is 11.5 Å². The average Bonchev–Trinajstić information content (AvgIpc) is 3.00. The Morgan fingerprint density at radius 3 is 2.56 bits per heavy atom. The molecule has 0 radical (unpaired) electrons. The molecule has 0 bridgehead atoms. The van der Waals surface area contributed by atoms with E-state index in [2.05, 4.69) is 5.32 Å². The smallest absolute Gasteiger partial charge is 0.225 e. The predicted octanol–water partition coefficient (Wildman–Crippen LogP) is 1.37. The number of hydrogen-bond donors (Lipinski definition) is 2. The Hall–Kier alpha value is -1.99. The first kappa shape index (κ1) is 23.0. The van der Waals surface area contributed by atoms with Gasteiger partial charge in [0.2, 0.25) is 11.8 Å². The molecule has 2 rings (SSSR count). The van der Waals surface area contributed by atoms with Gasteiger partial charge in [0.1, 0.15) is 0 Å². The van der Waals surface area contributed by atoms with Crippen LogP contribution in [-0.2, 0) is 16.0 Å². The number of rotatable bonds is 8. The van der Waals surface area contributed by atoms with Crippen molar-refractivity contribution < 1.29 is 19.1 Å². The topological polar surface area (TPSA) is 93.9 Å². The third kappa shape index (κ3) is 6.01. The molecule has 1 aromatic rings. The molecule has 0 aromatic heterocycles. The van der Waals surface area contributed by atoms with Crippen LogP contribution in [0.3, 0.4) is 0 Å². The molecule has 8 heteroatoms. The fraction of sp³-hybridized carbons (Fsp3) is 0.579. The summed E-state index contributed by atoms with van der Waals surface area (Å²) < 4.78 is 10.5. The maximum Gasteiger partial charge on any atom is 0.225 e. The number of likely N-dealkylation sites (tertiary alicyclic amines) is 1. The van der Waals surface area contributed by atoms with Crippen LogP contribution in [0.25, 0.3) is 0 Å². The SMILES string of the molecule is COc1ccc(CCN2CC(C(=O)NC(C)(C)CN)CC2=O)cc1OC.Cl.